The van der Waals surface area contributed by atoms with Gasteiger partial charge in [0.1, 0.15) is 0 Å². The molecule has 86 valence electrons. The third-order valence-corrected chi connectivity index (χ3v) is 2.47. The molecule has 16 heavy (non-hydrogen) atoms. The highest BCUT2D eigenvalue weighted by Crippen LogP contribution is 2.16. The Bertz CT molecular complexity index is 394. The summed E-state index contributed by atoms with van der Waals surface area (Å²) in [4.78, 5) is 11.5. The van der Waals surface area contributed by atoms with Crippen LogP contribution in [0, 0.1) is 6.92 Å². The number of hydrogen-bond donors (Lipinski definition) is 1. The van der Waals surface area contributed by atoms with E-state index in [1.165, 1.54) is 5.56 Å². The fourth-order valence-electron chi connectivity index (χ4n) is 1.73. The Hall–Kier alpha value is -1.57. The van der Waals surface area contributed by atoms with Crippen molar-refractivity contribution in [1.29, 1.82) is 0 Å². The monoisotopic (exact) mass is 217 g/mol. The molecule has 0 saturated heterocycles. The van der Waals surface area contributed by atoms with E-state index in [2.05, 4.69) is 24.4 Å². The predicted octanol–water partition coefficient (Wildman–Crippen LogP) is 2.71. The van der Waals surface area contributed by atoms with Gasteiger partial charge in [-0.05, 0) is 37.5 Å². The van der Waals surface area contributed by atoms with Gasteiger partial charge in [-0.2, -0.15) is 0 Å². The van der Waals surface area contributed by atoms with E-state index in [4.69, 9.17) is 0 Å². The average molecular weight is 217 g/mol. The predicted molar refractivity (Wildman–Crippen MR) is 68.3 cm³/mol. The normalized spacial score (nSPS) is 10.7. The molecule has 0 atom stereocenters. The summed E-state index contributed by atoms with van der Waals surface area (Å²) in [5, 5.41) is 2.82. The molecule has 1 amide bonds. The number of aryl methyl sites for hydroxylation is 1. The zero-order chi connectivity index (χ0) is 12.0. The standard InChI is InChI=1S/C14H19NO/c1-4-7-13-11(3)8-6-9-12(13)10-14(16)15-5-2/h4,6-9H,5,10H2,1-3H3,(H,15,16)/b7-4-. The van der Waals surface area contributed by atoms with Gasteiger partial charge >= 0.3 is 0 Å². The molecule has 1 aromatic carbocycles. The summed E-state index contributed by atoms with van der Waals surface area (Å²) >= 11 is 0. The fraction of sp³-hybridized carbons (Fsp3) is 0.357. The van der Waals surface area contributed by atoms with Gasteiger partial charge in [0.25, 0.3) is 0 Å². The molecule has 1 N–H and O–H groups in total. The van der Waals surface area contributed by atoms with Crippen LogP contribution in [0.2, 0.25) is 0 Å². The van der Waals surface area contributed by atoms with Crippen LogP contribution >= 0.6 is 0 Å². The van der Waals surface area contributed by atoms with Gasteiger partial charge in [-0.3, -0.25) is 4.79 Å². The van der Waals surface area contributed by atoms with Crippen molar-refractivity contribution in [2.75, 3.05) is 6.54 Å². The highest BCUT2D eigenvalue weighted by atomic mass is 16.1. The van der Waals surface area contributed by atoms with E-state index < -0.39 is 0 Å². The van der Waals surface area contributed by atoms with Gasteiger partial charge in [0, 0.05) is 6.54 Å². The van der Waals surface area contributed by atoms with Crippen LogP contribution in [-0.2, 0) is 11.2 Å². The van der Waals surface area contributed by atoms with Crippen molar-refractivity contribution in [3.63, 3.8) is 0 Å². The SMILES string of the molecule is C/C=C\c1c(C)cccc1CC(=O)NCC. The summed E-state index contributed by atoms with van der Waals surface area (Å²) < 4.78 is 0. The Kier molecular flexibility index (Phi) is 4.77. The Morgan fingerprint density at radius 2 is 2.19 bits per heavy atom. The molecule has 0 aromatic heterocycles. The topological polar surface area (TPSA) is 29.1 Å². The molecular weight excluding hydrogens is 198 g/mol. The van der Waals surface area contributed by atoms with Crippen molar-refractivity contribution in [2.24, 2.45) is 0 Å². The van der Waals surface area contributed by atoms with E-state index in [1.54, 1.807) is 0 Å². The first-order chi connectivity index (χ1) is 7.69. The largest absolute Gasteiger partial charge is 0.356 e. The van der Waals surface area contributed by atoms with E-state index in [9.17, 15) is 4.79 Å². The van der Waals surface area contributed by atoms with Gasteiger partial charge in [0.05, 0.1) is 6.42 Å². The maximum atomic E-state index is 11.5. The number of carbonyl (C=O) groups excluding carboxylic acids is 1. The minimum Gasteiger partial charge on any atom is -0.356 e. The number of amides is 1. The second kappa shape index (κ2) is 6.11. The number of allylic oxidation sites excluding steroid dienone is 1. The molecule has 2 nitrogen and oxygen atoms in total. The summed E-state index contributed by atoms with van der Waals surface area (Å²) in [6, 6.07) is 6.07. The molecule has 2 heteroatoms. The van der Waals surface area contributed by atoms with Crippen molar-refractivity contribution < 1.29 is 4.79 Å². The summed E-state index contributed by atoms with van der Waals surface area (Å²) in [7, 11) is 0. The second-order valence-electron chi connectivity index (χ2n) is 3.78. The zero-order valence-corrected chi connectivity index (χ0v) is 10.2. The van der Waals surface area contributed by atoms with Crippen molar-refractivity contribution >= 4 is 12.0 Å². The number of carbonyl (C=O) groups is 1. The molecular formula is C14H19NO. The van der Waals surface area contributed by atoms with E-state index >= 15 is 0 Å². The molecule has 1 aromatic rings. The smallest absolute Gasteiger partial charge is 0.224 e. The summed E-state index contributed by atoms with van der Waals surface area (Å²) in [5.74, 6) is 0.0823. The first-order valence-corrected chi connectivity index (χ1v) is 5.67. The molecule has 0 saturated carbocycles. The minimum absolute atomic E-state index is 0.0823. The summed E-state index contributed by atoms with van der Waals surface area (Å²) in [6.45, 7) is 6.67. The Balaban J connectivity index is 2.94. The minimum atomic E-state index is 0.0823. The van der Waals surface area contributed by atoms with E-state index in [-0.39, 0.29) is 5.91 Å². The lowest BCUT2D eigenvalue weighted by molar-refractivity contribution is -0.120. The quantitative estimate of drug-likeness (QED) is 0.825. The molecule has 0 heterocycles. The molecule has 0 aliphatic carbocycles. The van der Waals surface area contributed by atoms with Crippen LogP contribution in [0.15, 0.2) is 24.3 Å². The van der Waals surface area contributed by atoms with Crippen LogP contribution in [0.3, 0.4) is 0 Å². The van der Waals surface area contributed by atoms with Gasteiger partial charge in [-0.15, -0.1) is 0 Å². The molecule has 1 rings (SSSR count). The van der Waals surface area contributed by atoms with Gasteiger partial charge in [-0.1, -0.05) is 30.4 Å². The van der Waals surface area contributed by atoms with E-state index in [0.29, 0.717) is 13.0 Å². The van der Waals surface area contributed by atoms with Crippen LogP contribution < -0.4 is 5.32 Å². The van der Waals surface area contributed by atoms with Crippen molar-refractivity contribution in [1.82, 2.24) is 5.32 Å². The summed E-state index contributed by atoms with van der Waals surface area (Å²) in [5.41, 5.74) is 3.46. The fourth-order valence-corrected chi connectivity index (χ4v) is 1.73. The zero-order valence-electron chi connectivity index (χ0n) is 10.2. The molecule has 0 bridgehead atoms. The van der Waals surface area contributed by atoms with Crippen molar-refractivity contribution in [3.05, 3.63) is 41.0 Å². The van der Waals surface area contributed by atoms with Gasteiger partial charge in [0.2, 0.25) is 5.91 Å². The van der Waals surface area contributed by atoms with Crippen molar-refractivity contribution in [2.45, 2.75) is 27.2 Å². The van der Waals surface area contributed by atoms with Gasteiger partial charge in [-0.25, -0.2) is 0 Å². The molecule has 0 aliphatic rings. The van der Waals surface area contributed by atoms with Gasteiger partial charge < -0.3 is 5.32 Å². The lowest BCUT2D eigenvalue weighted by Gasteiger charge is -2.09. The number of likely N-dealkylation sites (N-methyl/N-ethyl adjacent to an activating group) is 1. The lowest BCUT2D eigenvalue weighted by atomic mass is 9.99. The third kappa shape index (κ3) is 3.23. The number of nitrogens with one attached hydrogen (secondary N) is 1. The Morgan fingerprint density at radius 3 is 2.81 bits per heavy atom. The number of hydrogen-bond acceptors (Lipinski definition) is 1. The molecule has 0 fully saturated rings. The maximum absolute atomic E-state index is 11.5. The first-order valence-electron chi connectivity index (χ1n) is 5.67. The van der Waals surface area contributed by atoms with Crippen LogP contribution in [0.4, 0.5) is 0 Å². The highest BCUT2D eigenvalue weighted by Gasteiger charge is 2.06. The Labute approximate surface area is 97.4 Å². The lowest BCUT2D eigenvalue weighted by Crippen LogP contribution is -2.24. The van der Waals surface area contributed by atoms with Gasteiger partial charge in [0.15, 0.2) is 0 Å². The van der Waals surface area contributed by atoms with E-state index in [1.807, 2.05) is 32.1 Å². The second-order valence-corrected chi connectivity index (χ2v) is 3.78. The number of benzene rings is 1. The summed E-state index contributed by atoms with van der Waals surface area (Å²) in [6.07, 6.45) is 4.52. The average Bonchev–Trinajstić information content (AvgIpc) is 2.23. The van der Waals surface area contributed by atoms with Crippen LogP contribution in [-0.4, -0.2) is 12.5 Å². The third-order valence-electron chi connectivity index (χ3n) is 2.47. The van der Waals surface area contributed by atoms with Crippen molar-refractivity contribution in [3.8, 4) is 0 Å². The molecule has 0 radical (unpaired) electrons. The highest BCUT2D eigenvalue weighted by molar-refractivity contribution is 5.80. The number of rotatable bonds is 4. The van der Waals surface area contributed by atoms with Crippen LogP contribution in [0.5, 0.6) is 0 Å². The van der Waals surface area contributed by atoms with E-state index in [0.717, 1.165) is 11.1 Å². The maximum Gasteiger partial charge on any atom is 0.224 e. The molecule has 0 aliphatic heterocycles. The first kappa shape index (κ1) is 12.5. The van der Waals surface area contributed by atoms with Crippen LogP contribution in [0.1, 0.15) is 30.5 Å². The molecule has 0 unspecified atom stereocenters. The Morgan fingerprint density at radius 1 is 1.44 bits per heavy atom. The van der Waals surface area contributed by atoms with Crippen LogP contribution in [0.25, 0.3) is 6.08 Å². The molecule has 0 spiro atoms.